The summed E-state index contributed by atoms with van der Waals surface area (Å²) in [5, 5.41) is 11.2. The summed E-state index contributed by atoms with van der Waals surface area (Å²) >= 11 is 0. The minimum atomic E-state index is -1.03. The average Bonchev–Trinajstić information content (AvgIpc) is 2.12. The Labute approximate surface area is 89.8 Å². The Kier molecular flexibility index (Phi) is 4.84. The largest absolute Gasteiger partial charge is 0.465 e. The molecule has 1 aliphatic rings. The quantitative estimate of drug-likeness (QED) is 0.660. The van der Waals surface area contributed by atoms with Gasteiger partial charge in [0.1, 0.15) is 0 Å². The van der Waals surface area contributed by atoms with Crippen molar-refractivity contribution in [2.75, 3.05) is 14.2 Å². The van der Waals surface area contributed by atoms with Gasteiger partial charge in [-0.05, 0) is 12.3 Å². The second-order valence-electron chi connectivity index (χ2n) is 3.93. The van der Waals surface area contributed by atoms with Crippen molar-refractivity contribution in [2.24, 2.45) is 5.92 Å². The van der Waals surface area contributed by atoms with E-state index < -0.39 is 12.4 Å². The minimum absolute atomic E-state index is 0.275. The number of ether oxygens (including phenoxy) is 2. The number of hydrogen-bond acceptors (Lipinski definition) is 3. The Bertz CT molecular complexity index is 202. The first-order valence-corrected chi connectivity index (χ1v) is 5.22. The van der Waals surface area contributed by atoms with Crippen LogP contribution in [0.1, 0.15) is 25.7 Å². The fraction of sp³-hybridized carbons (Fsp3) is 0.900. The molecule has 0 spiro atoms. The normalized spacial score (nSPS) is 18.6. The first-order chi connectivity index (χ1) is 7.17. The van der Waals surface area contributed by atoms with E-state index in [0.29, 0.717) is 5.92 Å². The molecule has 1 fully saturated rings. The van der Waals surface area contributed by atoms with E-state index in [0.717, 1.165) is 6.42 Å². The van der Waals surface area contributed by atoms with E-state index in [1.54, 1.807) is 0 Å². The zero-order valence-corrected chi connectivity index (χ0v) is 9.23. The van der Waals surface area contributed by atoms with Crippen LogP contribution in [-0.4, -0.2) is 37.8 Å². The van der Waals surface area contributed by atoms with Crippen molar-refractivity contribution >= 4 is 6.09 Å². The lowest BCUT2D eigenvalue weighted by molar-refractivity contribution is -0.126. The first-order valence-electron chi connectivity index (χ1n) is 5.22. The number of rotatable bonds is 6. The highest BCUT2D eigenvalue weighted by Gasteiger charge is 2.28. The Hall–Kier alpha value is -0.810. The molecule has 15 heavy (non-hydrogen) atoms. The van der Waals surface area contributed by atoms with E-state index in [9.17, 15) is 4.79 Å². The smallest absolute Gasteiger partial charge is 0.405 e. The predicted molar refractivity (Wildman–Crippen MR) is 54.7 cm³/mol. The molecule has 1 rings (SSSR count). The first kappa shape index (κ1) is 12.3. The molecule has 1 amide bonds. The van der Waals surface area contributed by atoms with Crippen molar-refractivity contribution in [3.8, 4) is 0 Å². The Morgan fingerprint density at radius 2 is 2.07 bits per heavy atom. The number of hydrogen-bond donors (Lipinski definition) is 2. The standard InChI is InChI=1S/C10H19NO4/c1-14-9(15-2)8(11-10(12)13)6-7-4-3-5-7/h7-9,11H,3-6H2,1-2H3,(H,12,13). The summed E-state index contributed by atoms with van der Waals surface area (Å²) in [6.45, 7) is 0. The van der Waals surface area contributed by atoms with E-state index in [2.05, 4.69) is 5.32 Å². The van der Waals surface area contributed by atoms with Gasteiger partial charge in [-0.15, -0.1) is 0 Å². The lowest BCUT2D eigenvalue weighted by Crippen LogP contribution is -2.46. The number of methoxy groups -OCH3 is 2. The Morgan fingerprint density at radius 1 is 1.47 bits per heavy atom. The van der Waals surface area contributed by atoms with E-state index in [1.165, 1.54) is 33.5 Å². The van der Waals surface area contributed by atoms with Crippen molar-refractivity contribution in [3.63, 3.8) is 0 Å². The highest BCUT2D eigenvalue weighted by atomic mass is 16.7. The fourth-order valence-electron chi connectivity index (χ4n) is 1.91. The van der Waals surface area contributed by atoms with Crippen LogP contribution < -0.4 is 5.32 Å². The van der Waals surface area contributed by atoms with Crippen LogP contribution >= 0.6 is 0 Å². The van der Waals surface area contributed by atoms with E-state index in [-0.39, 0.29) is 6.04 Å². The Balaban J connectivity index is 2.45. The zero-order chi connectivity index (χ0) is 11.3. The molecule has 0 heterocycles. The number of nitrogens with one attached hydrogen (secondary N) is 1. The van der Waals surface area contributed by atoms with Gasteiger partial charge in [-0.3, -0.25) is 0 Å². The molecule has 0 aliphatic heterocycles. The van der Waals surface area contributed by atoms with Crippen LogP contribution in [0.25, 0.3) is 0 Å². The molecule has 2 N–H and O–H groups in total. The molecule has 0 radical (unpaired) electrons. The molecule has 88 valence electrons. The third-order valence-corrected chi connectivity index (χ3v) is 2.91. The van der Waals surface area contributed by atoms with Gasteiger partial charge in [0.15, 0.2) is 6.29 Å². The van der Waals surface area contributed by atoms with Gasteiger partial charge in [-0.2, -0.15) is 0 Å². The summed E-state index contributed by atoms with van der Waals surface area (Å²) < 4.78 is 10.2. The van der Waals surface area contributed by atoms with Crippen molar-refractivity contribution in [1.82, 2.24) is 5.32 Å². The van der Waals surface area contributed by atoms with Crippen molar-refractivity contribution in [2.45, 2.75) is 38.0 Å². The van der Waals surface area contributed by atoms with Crippen LogP contribution in [0.5, 0.6) is 0 Å². The summed E-state index contributed by atoms with van der Waals surface area (Å²) in [7, 11) is 3.04. The highest BCUT2D eigenvalue weighted by molar-refractivity contribution is 5.64. The second kappa shape index (κ2) is 5.92. The summed E-state index contributed by atoms with van der Waals surface area (Å²) in [6, 6.07) is -0.275. The van der Waals surface area contributed by atoms with Gasteiger partial charge in [-0.1, -0.05) is 19.3 Å². The average molecular weight is 217 g/mol. The molecule has 0 aromatic rings. The SMILES string of the molecule is COC(OC)C(CC1CCC1)NC(=O)O. The number of amides is 1. The predicted octanol–water partition coefficient (Wildman–Crippen LogP) is 1.43. The van der Waals surface area contributed by atoms with Gasteiger partial charge in [0.05, 0.1) is 6.04 Å². The lowest BCUT2D eigenvalue weighted by Gasteiger charge is -2.32. The van der Waals surface area contributed by atoms with Crippen LogP contribution in [0.4, 0.5) is 4.79 Å². The maximum Gasteiger partial charge on any atom is 0.405 e. The van der Waals surface area contributed by atoms with Crippen molar-refractivity contribution < 1.29 is 19.4 Å². The third kappa shape index (κ3) is 3.68. The van der Waals surface area contributed by atoms with E-state index in [1.807, 2.05) is 0 Å². The summed E-state index contributed by atoms with van der Waals surface area (Å²) in [5.74, 6) is 0.606. The van der Waals surface area contributed by atoms with Crippen LogP contribution in [0.3, 0.4) is 0 Å². The highest BCUT2D eigenvalue weighted by Crippen LogP contribution is 2.31. The summed E-state index contributed by atoms with van der Waals surface area (Å²) in [6.07, 6.45) is 2.86. The van der Waals surface area contributed by atoms with Crippen LogP contribution in [0, 0.1) is 5.92 Å². The molecule has 1 unspecified atom stereocenters. The molecule has 5 heteroatoms. The van der Waals surface area contributed by atoms with Crippen LogP contribution in [0.15, 0.2) is 0 Å². The van der Waals surface area contributed by atoms with Gasteiger partial charge in [0.2, 0.25) is 0 Å². The molecular formula is C10H19NO4. The van der Waals surface area contributed by atoms with E-state index >= 15 is 0 Å². The Morgan fingerprint density at radius 3 is 2.40 bits per heavy atom. The zero-order valence-electron chi connectivity index (χ0n) is 9.23. The maximum absolute atomic E-state index is 10.6. The van der Waals surface area contributed by atoms with Crippen LogP contribution in [-0.2, 0) is 9.47 Å². The fourth-order valence-corrected chi connectivity index (χ4v) is 1.91. The molecule has 0 aromatic heterocycles. The number of carbonyl (C=O) groups is 1. The molecular weight excluding hydrogens is 198 g/mol. The van der Waals surface area contributed by atoms with Gasteiger partial charge in [0, 0.05) is 14.2 Å². The monoisotopic (exact) mass is 217 g/mol. The summed E-state index contributed by atoms with van der Waals surface area (Å²) in [5.41, 5.74) is 0. The topological polar surface area (TPSA) is 67.8 Å². The molecule has 5 nitrogen and oxygen atoms in total. The van der Waals surface area contributed by atoms with Crippen LogP contribution in [0.2, 0.25) is 0 Å². The van der Waals surface area contributed by atoms with Gasteiger partial charge in [0.25, 0.3) is 0 Å². The van der Waals surface area contributed by atoms with E-state index in [4.69, 9.17) is 14.6 Å². The molecule has 1 saturated carbocycles. The molecule has 0 aromatic carbocycles. The molecule has 0 saturated heterocycles. The second-order valence-corrected chi connectivity index (χ2v) is 3.93. The third-order valence-electron chi connectivity index (χ3n) is 2.91. The summed E-state index contributed by atoms with van der Waals surface area (Å²) in [4.78, 5) is 10.6. The van der Waals surface area contributed by atoms with Gasteiger partial charge in [-0.25, -0.2) is 4.79 Å². The minimum Gasteiger partial charge on any atom is -0.465 e. The van der Waals surface area contributed by atoms with Crippen molar-refractivity contribution in [3.05, 3.63) is 0 Å². The maximum atomic E-state index is 10.6. The van der Waals surface area contributed by atoms with Crippen molar-refractivity contribution in [1.29, 1.82) is 0 Å². The molecule has 0 bridgehead atoms. The van der Waals surface area contributed by atoms with Gasteiger partial charge < -0.3 is 19.9 Å². The molecule has 1 aliphatic carbocycles. The number of carboxylic acid groups (broad SMARTS) is 1. The molecule has 1 atom stereocenters. The lowest BCUT2D eigenvalue weighted by atomic mass is 9.81. The van der Waals surface area contributed by atoms with Gasteiger partial charge >= 0.3 is 6.09 Å².